The lowest BCUT2D eigenvalue weighted by Crippen LogP contribution is -2.48. The van der Waals surface area contributed by atoms with Gasteiger partial charge in [-0.1, -0.05) is 11.6 Å². The summed E-state index contributed by atoms with van der Waals surface area (Å²) in [7, 11) is -7.78. The highest BCUT2D eigenvalue weighted by Gasteiger charge is 2.61. The van der Waals surface area contributed by atoms with Crippen molar-refractivity contribution in [1.82, 2.24) is 4.72 Å². The van der Waals surface area contributed by atoms with Gasteiger partial charge in [-0.3, -0.25) is 4.79 Å². The second-order valence-electron chi connectivity index (χ2n) is 10.2. The fraction of sp³-hybridized carbons (Fsp3) is 0.458. The average Bonchev–Trinajstić information content (AvgIpc) is 3.57. The van der Waals surface area contributed by atoms with E-state index in [-0.39, 0.29) is 34.1 Å². The number of fused-ring (bicyclic) bond motifs is 2. The number of hydrogen-bond donors (Lipinski definition) is 3. The molecule has 2 bridgehead atoms. The molecule has 3 saturated carbocycles. The van der Waals surface area contributed by atoms with Gasteiger partial charge in [0.2, 0.25) is 10.0 Å². The molecule has 0 aliphatic heterocycles. The lowest BCUT2D eigenvalue weighted by atomic mass is 9.84. The summed E-state index contributed by atoms with van der Waals surface area (Å²) in [5, 5.41) is 11.8. The average molecular weight is 593 g/mol. The lowest BCUT2D eigenvalue weighted by Gasteiger charge is -2.33. The number of carbonyl (C=O) groups excluding carboxylic acids is 1. The highest BCUT2D eigenvalue weighted by Crippen LogP contribution is 2.55. The van der Waals surface area contributed by atoms with Crippen molar-refractivity contribution in [3.05, 3.63) is 58.4 Å². The Morgan fingerprint density at radius 1 is 1.03 bits per heavy atom. The third kappa shape index (κ3) is 4.83. The van der Waals surface area contributed by atoms with Crippen LogP contribution >= 0.6 is 11.6 Å². The maximum atomic E-state index is 13.8. The minimum atomic E-state index is -4.20. The fourth-order valence-corrected chi connectivity index (χ4v) is 10.1. The molecule has 1 amide bonds. The van der Waals surface area contributed by atoms with E-state index in [0.717, 1.165) is 6.07 Å². The molecule has 2 aromatic rings. The largest absolute Gasteiger partial charge is 0.388 e. The van der Waals surface area contributed by atoms with Gasteiger partial charge in [-0.05, 0) is 56.2 Å². The van der Waals surface area contributed by atoms with Crippen LogP contribution in [0.1, 0.15) is 42.5 Å². The monoisotopic (exact) mass is 592 g/mol. The van der Waals surface area contributed by atoms with Gasteiger partial charge in [0, 0.05) is 35.8 Å². The van der Waals surface area contributed by atoms with E-state index in [1.54, 1.807) is 0 Å². The lowest BCUT2D eigenvalue weighted by molar-refractivity contribution is -0.00710. The van der Waals surface area contributed by atoms with E-state index in [2.05, 4.69) is 10.0 Å². The van der Waals surface area contributed by atoms with Crippen molar-refractivity contribution in [2.24, 2.45) is 11.8 Å². The Kier molecular flexibility index (Phi) is 6.83. The highest BCUT2D eigenvalue weighted by molar-refractivity contribution is 7.92. The molecule has 8 nitrogen and oxygen atoms in total. The number of nitrogens with one attached hydrogen (secondary N) is 2. The van der Waals surface area contributed by atoms with Crippen molar-refractivity contribution >= 4 is 43.1 Å². The Morgan fingerprint density at radius 2 is 1.68 bits per heavy atom. The molecular weight excluding hydrogens is 569 g/mol. The Labute approximate surface area is 222 Å². The zero-order valence-corrected chi connectivity index (χ0v) is 22.1. The molecule has 3 fully saturated rings. The number of aliphatic hydroxyl groups is 1. The number of carbonyl (C=O) groups is 1. The van der Waals surface area contributed by atoms with Crippen LogP contribution in [0.25, 0.3) is 0 Å². The number of anilines is 1. The van der Waals surface area contributed by atoms with Gasteiger partial charge >= 0.3 is 0 Å². The number of hydrogen-bond acceptors (Lipinski definition) is 6. The summed E-state index contributed by atoms with van der Waals surface area (Å²) in [4.78, 5) is 12.4. The normalized spacial score (nSPS) is 27.0. The van der Waals surface area contributed by atoms with E-state index >= 15 is 0 Å². The van der Waals surface area contributed by atoms with Crippen LogP contribution in [0, 0.1) is 29.3 Å². The molecule has 2 aromatic carbocycles. The van der Waals surface area contributed by atoms with E-state index < -0.39 is 71.2 Å². The molecule has 5 rings (SSSR count). The van der Waals surface area contributed by atoms with Crippen LogP contribution in [0.3, 0.4) is 0 Å². The van der Waals surface area contributed by atoms with E-state index in [1.165, 1.54) is 12.1 Å². The quantitative estimate of drug-likeness (QED) is 0.403. The molecule has 4 atom stereocenters. The van der Waals surface area contributed by atoms with Crippen molar-refractivity contribution in [2.75, 3.05) is 11.9 Å². The second-order valence-corrected chi connectivity index (χ2v) is 14.7. The van der Waals surface area contributed by atoms with Crippen LogP contribution in [0.4, 0.5) is 18.9 Å². The predicted octanol–water partition coefficient (Wildman–Crippen LogP) is 3.39. The van der Waals surface area contributed by atoms with Gasteiger partial charge in [0.05, 0.1) is 26.0 Å². The summed E-state index contributed by atoms with van der Waals surface area (Å²) in [6.07, 6.45) is 2.07. The molecule has 3 aliphatic rings. The van der Waals surface area contributed by atoms with Crippen LogP contribution in [0.15, 0.2) is 35.2 Å². The molecule has 0 radical (unpaired) electrons. The van der Waals surface area contributed by atoms with Gasteiger partial charge in [0.25, 0.3) is 5.91 Å². The third-order valence-electron chi connectivity index (χ3n) is 7.66. The maximum Gasteiger partial charge on any atom is 0.255 e. The molecule has 38 heavy (non-hydrogen) atoms. The van der Waals surface area contributed by atoms with Crippen LogP contribution in [0.5, 0.6) is 0 Å². The van der Waals surface area contributed by atoms with Gasteiger partial charge in [-0.25, -0.2) is 34.7 Å². The summed E-state index contributed by atoms with van der Waals surface area (Å²) < 4.78 is 94.8. The van der Waals surface area contributed by atoms with Gasteiger partial charge in [-0.15, -0.1) is 0 Å². The van der Waals surface area contributed by atoms with Crippen molar-refractivity contribution in [2.45, 2.75) is 53.1 Å². The molecule has 14 heteroatoms. The zero-order valence-electron chi connectivity index (χ0n) is 19.8. The Hall–Kier alpha value is -2.19. The molecule has 206 valence electrons. The molecule has 0 heterocycles. The number of rotatable bonds is 8. The van der Waals surface area contributed by atoms with Crippen LogP contribution in [-0.2, 0) is 19.9 Å². The van der Waals surface area contributed by atoms with Crippen LogP contribution in [0.2, 0.25) is 5.02 Å². The first kappa shape index (κ1) is 27.4. The SMILES string of the molecule is O=C(Nc1cc(F)c(F)c(F)c1)c1ccc(Cl)c(S(=O)(=O)[C@@H]2C3CCC2[C@](O)(CNS(=O)(=O)C2CC2)C3)c1. The Morgan fingerprint density at radius 3 is 2.32 bits per heavy atom. The fourth-order valence-electron chi connectivity index (χ4n) is 5.68. The van der Waals surface area contributed by atoms with Gasteiger partial charge in [0.15, 0.2) is 27.3 Å². The minimum absolute atomic E-state index is 0.0915. The predicted molar refractivity (Wildman–Crippen MR) is 132 cm³/mol. The number of amides is 1. The summed E-state index contributed by atoms with van der Waals surface area (Å²) in [5.74, 6) is -6.83. The van der Waals surface area contributed by atoms with Crippen molar-refractivity contribution in [1.29, 1.82) is 0 Å². The summed E-state index contributed by atoms with van der Waals surface area (Å²) in [5.41, 5.74) is -2.12. The van der Waals surface area contributed by atoms with E-state index in [9.17, 15) is 39.9 Å². The van der Waals surface area contributed by atoms with E-state index in [1.807, 2.05) is 0 Å². The molecule has 3 N–H and O–H groups in total. The smallest absolute Gasteiger partial charge is 0.255 e. The number of halogens is 4. The number of benzene rings is 2. The van der Waals surface area contributed by atoms with Crippen molar-refractivity contribution in [3.8, 4) is 0 Å². The molecule has 0 aromatic heterocycles. The van der Waals surface area contributed by atoms with Gasteiger partial charge in [-0.2, -0.15) is 0 Å². The van der Waals surface area contributed by atoms with Crippen molar-refractivity contribution < 1.29 is 39.9 Å². The van der Waals surface area contributed by atoms with Crippen LogP contribution < -0.4 is 10.0 Å². The number of sulfonamides is 1. The first-order valence-corrected chi connectivity index (χ1v) is 15.4. The number of sulfone groups is 1. The zero-order chi connectivity index (χ0) is 27.6. The highest BCUT2D eigenvalue weighted by atomic mass is 35.5. The molecule has 2 unspecified atom stereocenters. The van der Waals surface area contributed by atoms with Gasteiger partial charge in [0.1, 0.15) is 0 Å². The van der Waals surface area contributed by atoms with Crippen LogP contribution in [-0.4, -0.2) is 50.5 Å². The second kappa shape index (κ2) is 9.47. The maximum absolute atomic E-state index is 13.8. The topological polar surface area (TPSA) is 130 Å². The van der Waals surface area contributed by atoms with Gasteiger partial charge < -0.3 is 10.4 Å². The van der Waals surface area contributed by atoms with E-state index in [0.29, 0.717) is 37.8 Å². The molecule has 3 aliphatic carbocycles. The first-order valence-electron chi connectivity index (χ1n) is 11.9. The molecule has 0 spiro atoms. The standard InChI is InChI=1S/C24H24ClF3N2O6S2/c25-17-6-2-12(23(31)30-14-8-18(26)21(28)19(27)9-14)7-20(17)37(33,34)22-13-1-5-16(22)24(32,10-13)11-29-38(35,36)15-3-4-15/h2,6-9,13,15-16,22,29,32H,1,3-5,10-11H2,(H,30,31)/t13?,16?,22-,24-/m1/s1. The van der Waals surface area contributed by atoms with E-state index in [4.69, 9.17) is 11.6 Å². The Bertz CT molecular complexity index is 1510. The molecule has 0 saturated heterocycles. The first-order chi connectivity index (χ1) is 17.7. The molecular formula is C24H24ClF3N2O6S2. The minimum Gasteiger partial charge on any atom is -0.388 e. The third-order valence-corrected chi connectivity index (χ3v) is 12.4. The van der Waals surface area contributed by atoms with Crippen molar-refractivity contribution in [3.63, 3.8) is 0 Å². The summed E-state index contributed by atoms with van der Waals surface area (Å²) in [6, 6.07) is 4.62. The summed E-state index contributed by atoms with van der Waals surface area (Å²) >= 11 is 6.23. The summed E-state index contributed by atoms with van der Waals surface area (Å²) in [6.45, 7) is -0.292. The Balaban J connectivity index is 1.39.